The van der Waals surface area contributed by atoms with Crippen molar-refractivity contribution >= 4 is 11.9 Å². The van der Waals surface area contributed by atoms with Crippen molar-refractivity contribution in [3.8, 4) is 0 Å². The van der Waals surface area contributed by atoms with Gasteiger partial charge in [0, 0.05) is 6.61 Å². The lowest BCUT2D eigenvalue weighted by atomic mass is 9.81. The van der Waals surface area contributed by atoms with Crippen molar-refractivity contribution in [3.63, 3.8) is 0 Å². The van der Waals surface area contributed by atoms with Gasteiger partial charge in [-0.3, -0.25) is 4.79 Å². The second kappa shape index (κ2) is 5.26. The molecular weight excluding hydrogens is 234 g/mol. The fraction of sp³-hybridized carbons (Fsp3) is 0.846. The number of ether oxygens (including phenoxy) is 1. The molecule has 102 valence electrons. The number of aliphatic carboxylic acids is 1. The fourth-order valence-electron chi connectivity index (χ4n) is 2.72. The van der Waals surface area contributed by atoms with E-state index in [9.17, 15) is 14.7 Å². The van der Waals surface area contributed by atoms with E-state index in [1.807, 2.05) is 6.92 Å². The quantitative estimate of drug-likeness (QED) is 0.776. The Bertz CT molecular complexity index is 336. The van der Waals surface area contributed by atoms with Gasteiger partial charge in [-0.1, -0.05) is 19.3 Å². The Morgan fingerprint density at radius 2 is 2.00 bits per heavy atom. The zero-order valence-electron chi connectivity index (χ0n) is 10.8. The molecular formula is C13H21NO4. The Morgan fingerprint density at radius 3 is 2.56 bits per heavy atom. The van der Waals surface area contributed by atoms with Gasteiger partial charge < -0.3 is 15.2 Å². The molecule has 2 rings (SSSR count). The van der Waals surface area contributed by atoms with Crippen molar-refractivity contribution < 1.29 is 19.4 Å². The van der Waals surface area contributed by atoms with Gasteiger partial charge >= 0.3 is 5.97 Å². The lowest BCUT2D eigenvalue weighted by molar-refractivity contribution is -0.149. The molecule has 2 atom stereocenters. The Morgan fingerprint density at radius 1 is 1.33 bits per heavy atom. The van der Waals surface area contributed by atoms with Crippen LogP contribution in [0, 0.1) is 5.92 Å². The van der Waals surface area contributed by atoms with Gasteiger partial charge in [-0.15, -0.1) is 0 Å². The number of carboxylic acids is 1. The monoisotopic (exact) mass is 255 g/mol. The summed E-state index contributed by atoms with van der Waals surface area (Å²) in [7, 11) is 0. The van der Waals surface area contributed by atoms with E-state index in [0.717, 1.165) is 25.7 Å². The van der Waals surface area contributed by atoms with Gasteiger partial charge in [0.15, 0.2) is 0 Å². The average molecular weight is 255 g/mol. The van der Waals surface area contributed by atoms with Gasteiger partial charge in [0.25, 0.3) is 0 Å². The third-order valence-corrected chi connectivity index (χ3v) is 3.93. The first-order valence-corrected chi connectivity index (χ1v) is 6.76. The Hall–Kier alpha value is -1.10. The number of rotatable bonds is 5. The first-order chi connectivity index (χ1) is 8.59. The molecule has 0 unspecified atom stereocenters. The standard InChI is InChI=1S/C13H21NO4/c1-2-18-10-8-9(10)11(15)14-13(12(16)17)6-4-3-5-7-13/h9-10H,2-8H2,1H3,(H,14,15)(H,16,17)/t9-,10-/m1/s1. The van der Waals surface area contributed by atoms with Crippen LogP contribution in [0.2, 0.25) is 0 Å². The summed E-state index contributed by atoms with van der Waals surface area (Å²) >= 11 is 0. The topological polar surface area (TPSA) is 75.6 Å². The number of carbonyl (C=O) groups is 2. The number of carboxylic acid groups (broad SMARTS) is 1. The summed E-state index contributed by atoms with van der Waals surface area (Å²) in [6.07, 6.45) is 4.58. The molecule has 0 saturated heterocycles. The number of carbonyl (C=O) groups excluding carboxylic acids is 1. The average Bonchev–Trinajstić information content (AvgIpc) is 3.10. The Labute approximate surface area is 107 Å². The van der Waals surface area contributed by atoms with Crippen LogP contribution in [0.4, 0.5) is 0 Å². The van der Waals surface area contributed by atoms with Crippen molar-refractivity contribution in [2.75, 3.05) is 6.61 Å². The summed E-state index contributed by atoms with van der Waals surface area (Å²) in [6.45, 7) is 2.49. The second-order valence-electron chi connectivity index (χ2n) is 5.27. The zero-order chi connectivity index (χ0) is 13.2. The van der Waals surface area contributed by atoms with E-state index in [4.69, 9.17) is 4.74 Å². The largest absolute Gasteiger partial charge is 0.480 e. The van der Waals surface area contributed by atoms with Crippen LogP contribution in [0.15, 0.2) is 0 Å². The molecule has 0 spiro atoms. The number of hydrogen-bond acceptors (Lipinski definition) is 3. The maximum absolute atomic E-state index is 12.0. The summed E-state index contributed by atoms with van der Waals surface area (Å²) in [5.41, 5.74) is -1.03. The first-order valence-electron chi connectivity index (χ1n) is 6.76. The predicted molar refractivity (Wildman–Crippen MR) is 65.1 cm³/mol. The van der Waals surface area contributed by atoms with Gasteiger partial charge in [0.2, 0.25) is 5.91 Å². The van der Waals surface area contributed by atoms with E-state index in [1.54, 1.807) is 0 Å². The third-order valence-electron chi connectivity index (χ3n) is 3.93. The highest BCUT2D eigenvalue weighted by atomic mass is 16.5. The minimum Gasteiger partial charge on any atom is -0.480 e. The highest BCUT2D eigenvalue weighted by Gasteiger charge is 2.48. The van der Waals surface area contributed by atoms with E-state index >= 15 is 0 Å². The smallest absolute Gasteiger partial charge is 0.329 e. The molecule has 0 aromatic heterocycles. The van der Waals surface area contributed by atoms with Crippen molar-refractivity contribution in [2.24, 2.45) is 5.92 Å². The van der Waals surface area contributed by atoms with Gasteiger partial charge in [0.1, 0.15) is 5.54 Å². The zero-order valence-corrected chi connectivity index (χ0v) is 10.8. The van der Waals surface area contributed by atoms with Crippen LogP contribution in [-0.2, 0) is 14.3 Å². The lowest BCUT2D eigenvalue weighted by Crippen LogP contribution is -2.56. The van der Waals surface area contributed by atoms with E-state index < -0.39 is 11.5 Å². The third kappa shape index (κ3) is 2.66. The van der Waals surface area contributed by atoms with Crippen LogP contribution in [-0.4, -0.2) is 35.2 Å². The van der Waals surface area contributed by atoms with Crippen molar-refractivity contribution in [2.45, 2.75) is 57.1 Å². The van der Waals surface area contributed by atoms with Crippen LogP contribution in [0.25, 0.3) is 0 Å². The van der Waals surface area contributed by atoms with Crippen LogP contribution in [0.1, 0.15) is 45.4 Å². The van der Waals surface area contributed by atoms with Crippen molar-refractivity contribution in [3.05, 3.63) is 0 Å². The highest BCUT2D eigenvalue weighted by molar-refractivity contribution is 5.89. The molecule has 0 radical (unpaired) electrons. The fourth-order valence-corrected chi connectivity index (χ4v) is 2.72. The molecule has 2 N–H and O–H groups in total. The van der Waals surface area contributed by atoms with E-state index in [-0.39, 0.29) is 17.9 Å². The lowest BCUT2D eigenvalue weighted by Gasteiger charge is -2.34. The summed E-state index contributed by atoms with van der Waals surface area (Å²) in [5, 5.41) is 12.1. The molecule has 2 saturated carbocycles. The first kappa shape index (κ1) is 13.3. The molecule has 0 aromatic carbocycles. The minimum absolute atomic E-state index is 0.00978. The van der Waals surface area contributed by atoms with E-state index in [2.05, 4.69) is 5.32 Å². The summed E-state index contributed by atoms with van der Waals surface area (Å²) in [4.78, 5) is 23.4. The normalized spacial score (nSPS) is 29.6. The molecule has 0 heterocycles. The Balaban J connectivity index is 1.93. The van der Waals surface area contributed by atoms with Crippen LogP contribution < -0.4 is 5.32 Å². The molecule has 0 aromatic rings. The molecule has 1 amide bonds. The van der Waals surface area contributed by atoms with Gasteiger partial charge in [-0.2, -0.15) is 0 Å². The number of hydrogen-bond donors (Lipinski definition) is 2. The molecule has 2 aliphatic rings. The highest BCUT2D eigenvalue weighted by Crippen LogP contribution is 2.36. The molecule has 5 nitrogen and oxygen atoms in total. The predicted octanol–water partition coefficient (Wildman–Crippen LogP) is 1.32. The van der Waals surface area contributed by atoms with E-state index in [1.165, 1.54) is 0 Å². The number of amides is 1. The van der Waals surface area contributed by atoms with Crippen LogP contribution in [0.5, 0.6) is 0 Å². The van der Waals surface area contributed by atoms with Crippen LogP contribution in [0.3, 0.4) is 0 Å². The molecule has 18 heavy (non-hydrogen) atoms. The van der Waals surface area contributed by atoms with Crippen LogP contribution >= 0.6 is 0 Å². The maximum Gasteiger partial charge on any atom is 0.329 e. The summed E-state index contributed by atoms with van der Waals surface area (Å²) < 4.78 is 5.36. The molecule has 0 aliphatic heterocycles. The summed E-state index contributed by atoms with van der Waals surface area (Å²) in [6, 6.07) is 0. The molecule has 2 fully saturated rings. The van der Waals surface area contributed by atoms with Crippen molar-refractivity contribution in [1.29, 1.82) is 0 Å². The van der Waals surface area contributed by atoms with Gasteiger partial charge in [-0.05, 0) is 26.2 Å². The molecule has 5 heteroatoms. The Kier molecular flexibility index (Phi) is 3.90. The SMILES string of the molecule is CCO[C@@H]1C[C@H]1C(=O)NC1(C(=O)O)CCCCC1. The molecule has 0 bridgehead atoms. The van der Waals surface area contributed by atoms with Gasteiger partial charge in [0.05, 0.1) is 12.0 Å². The van der Waals surface area contributed by atoms with Gasteiger partial charge in [-0.25, -0.2) is 4.79 Å². The second-order valence-corrected chi connectivity index (χ2v) is 5.27. The van der Waals surface area contributed by atoms with Crippen molar-refractivity contribution in [1.82, 2.24) is 5.32 Å². The minimum atomic E-state index is -1.03. The summed E-state index contributed by atoms with van der Waals surface area (Å²) in [5.74, 6) is -1.20. The molecule has 2 aliphatic carbocycles. The van der Waals surface area contributed by atoms with E-state index in [0.29, 0.717) is 19.4 Å². The maximum atomic E-state index is 12.0. The number of nitrogens with one attached hydrogen (secondary N) is 1.